The minimum atomic E-state index is -3.53. The zero-order chi connectivity index (χ0) is 21.1. The summed E-state index contributed by atoms with van der Waals surface area (Å²) in [5.41, 5.74) is 2.15. The van der Waals surface area contributed by atoms with E-state index in [1.165, 1.54) is 28.6 Å². The molecule has 9 heteroatoms. The van der Waals surface area contributed by atoms with E-state index in [2.05, 4.69) is 15.5 Å². The predicted molar refractivity (Wildman–Crippen MR) is 111 cm³/mol. The van der Waals surface area contributed by atoms with E-state index in [1.54, 1.807) is 0 Å². The number of amides is 1. The number of carbonyl (C=O) groups is 1. The maximum absolute atomic E-state index is 12.7. The second kappa shape index (κ2) is 8.37. The van der Waals surface area contributed by atoms with Crippen molar-refractivity contribution in [1.82, 2.24) is 14.5 Å². The van der Waals surface area contributed by atoms with Crippen LogP contribution in [0.25, 0.3) is 11.5 Å². The third-order valence-electron chi connectivity index (χ3n) is 5.01. The third-order valence-corrected chi connectivity index (χ3v) is 6.93. The lowest BCUT2D eigenvalue weighted by atomic mass is 10.1. The highest BCUT2D eigenvalue weighted by molar-refractivity contribution is 7.89. The zero-order valence-electron chi connectivity index (χ0n) is 16.5. The number of hydrogen-bond donors (Lipinski definition) is 1. The van der Waals surface area contributed by atoms with Crippen LogP contribution in [0.15, 0.2) is 57.8 Å². The second-order valence-electron chi connectivity index (χ2n) is 7.22. The molecule has 4 rings (SSSR count). The summed E-state index contributed by atoms with van der Waals surface area (Å²) in [4.78, 5) is 12.6. The number of carbonyl (C=O) groups excluding carboxylic acids is 1. The maximum Gasteiger partial charge on any atom is 0.322 e. The number of sulfonamides is 1. The number of rotatable bonds is 5. The van der Waals surface area contributed by atoms with Gasteiger partial charge in [0.05, 0.1) is 4.90 Å². The molecule has 0 saturated carbocycles. The largest absolute Gasteiger partial charge is 0.403 e. The van der Waals surface area contributed by atoms with E-state index >= 15 is 0 Å². The van der Waals surface area contributed by atoms with Crippen molar-refractivity contribution in [3.05, 3.63) is 59.7 Å². The summed E-state index contributed by atoms with van der Waals surface area (Å²) in [5, 5.41) is 10.3. The molecular weight excluding hydrogens is 404 g/mol. The molecule has 30 heavy (non-hydrogen) atoms. The van der Waals surface area contributed by atoms with E-state index in [-0.39, 0.29) is 10.9 Å². The van der Waals surface area contributed by atoms with Gasteiger partial charge in [-0.05, 0) is 56.2 Å². The Morgan fingerprint density at radius 1 is 0.967 bits per heavy atom. The van der Waals surface area contributed by atoms with E-state index in [9.17, 15) is 13.2 Å². The van der Waals surface area contributed by atoms with Crippen molar-refractivity contribution in [2.24, 2.45) is 0 Å². The first kappa shape index (κ1) is 20.2. The van der Waals surface area contributed by atoms with Gasteiger partial charge in [0.25, 0.3) is 5.91 Å². The number of nitrogens with zero attached hydrogens (tertiary/aromatic N) is 3. The third kappa shape index (κ3) is 4.27. The molecule has 0 radical (unpaired) electrons. The highest BCUT2D eigenvalue weighted by atomic mass is 32.2. The molecule has 0 aliphatic carbocycles. The Bertz CT molecular complexity index is 1130. The summed E-state index contributed by atoms with van der Waals surface area (Å²) in [6, 6.07) is 13.4. The van der Waals surface area contributed by atoms with Crippen LogP contribution >= 0.6 is 0 Å². The van der Waals surface area contributed by atoms with Gasteiger partial charge in [-0.1, -0.05) is 29.2 Å². The van der Waals surface area contributed by atoms with Crippen LogP contribution in [0.2, 0.25) is 0 Å². The highest BCUT2D eigenvalue weighted by Gasteiger charge is 2.26. The number of anilines is 1. The summed E-state index contributed by atoms with van der Waals surface area (Å²) < 4.78 is 32.4. The molecule has 0 spiro atoms. The molecule has 0 atom stereocenters. The topological polar surface area (TPSA) is 105 Å². The van der Waals surface area contributed by atoms with Crippen LogP contribution in [0.4, 0.5) is 6.01 Å². The zero-order valence-corrected chi connectivity index (χ0v) is 17.4. The Kier molecular flexibility index (Phi) is 5.65. The second-order valence-corrected chi connectivity index (χ2v) is 9.16. The lowest BCUT2D eigenvalue weighted by Crippen LogP contribution is -2.35. The molecule has 8 nitrogen and oxygen atoms in total. The Balaban J connectivity index is 1.45. The Morgan fingerprint density at radius 2 is 1.63 bits per heavy atom. The van der Waals surface area contributed by atoms with Gasteiger partial charge >= 0.3 is 6.01 Å². The van der Waals surface area contributed by atoms with Gasteiger partial charge in [0, 0.05) is 24.2 Å². The van der Waals surface area contributed by atoms with E-state index in [4.69, 9.17) is 4.42 Å². The number of nitrogens with one attached hydrogen (secondary N) is 1. The number of aromatic nitrogens is 2. The number of benzene rings is 2. The lowest BCUT2D eigenvalue weighted by molar-refractivity contribution is 0.102. The molecule has 1 fully saturated rings. The van der Waals surface area contributed by atoms with Gasteiger partial charge in [-0.3, -0.25) is 10.1 Å². The fourth-order valence-corrected chi connectivity index (χ4v) is 4.81. The maximum atomic E-state index is 12.7. The molecule has 1 amide bonds. The molecule has 0 unspecified atom stereocenters. The highest BCUT2D eigenvalue weighted by Crippen LogP contribution is 2.22. The molecule has 2 heterocycles. The number of aryl methyl sites for hydroxylation is 1. The average Bonchev–Trinajstić information content (AvgIpc) is 3.23. The Labute approximate surface area is 175 Å². The first-order valence-corrected chi connectivity index (χ1v) is 11.2. The summed E-state index contributed by atoms with van der Waals surface area (Å²) >= 11 is 0. The molecule has 1 saturated heterocycles. The van der Waals surface area contributed by atoms with Crippen molar-refractivity contribution < 1.29 is 17.6 Å². The first-order valence-electron chi connectivity index (χ1n) is 9.75. The summed E-state index contributed by atoms with van der Waals surface area (Å²) in [7, 11) is -3.53. The molecule has 156 valence electrons. The minimum Gasteiger partial charge on any atom is -0.403 e. The van der Waals surface area contributed by atoms with Crippen LogP contribution in [0, 0.1) is 6.92 Å². The molecule has 0 bridgehead atoms. The van der Waals surface area contributed by atoms with Gasteiger partial charge in [0.1, 0.15) is 0 Å². The predicted octanol–water partition coefficient (Wildman–Crippen LogP) is 3.47. The normalized spacial score (nSPS) is 15.1. The van der Waals surface area contributed by atoms with Gasteiger partial charge in [-0.15, -0.1) is 5.10 Å². The minimum absolute atomic E-state index is 0.0272. The first-order chi connectivity index (χ1) is 14.4. The quantitative estimate of drug-likeness (QED) is 0.670. The molecule has 1 aromatic heterocycles. The van der Waals surface area contributed by atoms with Crippen molar-refractivity contribution in [1.29, 1.82) is 0 Å². The van der Waals surface area contributed by atoms with Crippen LogP contribution in [0.3, 0.4) is 0 Å². The Hall–Kier alpha value is -3.04. The van der Waals surface area contributed by atoms with Crippen molar-refractivity contribution in [3.63, 3.8) is 0 Å². The average molecular weight is 426 g/mol. The summed E-state index contributed by atoms with van der Waals surface area (Å²) in [6.45, 7) is 3.04. The molecule has 1 aliphatic heterocycles. The van der Waals surface area contributed by atoms with E-state index in [0.29, 0.717) is 24.5 Å². The van der Waals surface area contributed by atoms with Gasteiger partial charge in [-0.2, -0.15) is 4.31 Å². The lowest BCUT2D eigenvalue weighted by Gasteiger charge is -2.25. The number of hydrogen-bond acceptors (Lipinski definition) is 6. The van der Waals surface area contributed by atoms with Gasteiger partial charge in [0.2, 0.25) is 15.9 Å². The molecule has 1 N–H and O–H groups in total. The van der Waals surface area contributed by atoms with Crippen LogP contribution in [0.5, 0.6) is 0 Å². The van der Waals surface area contributed by atoms with Crippen molar-refractivity contribution in [3.8, 4) is 11.5 Å². The van der Waals surface area contributed by atoms with Crippen LogP contribution < -0.4 is 5.32 Å². The molecule has 2 aromatic carbocycles. The van der Waals surface area contributed by atoms with Gasteiger partial charge < -0.3 is 4.42 Å². The van der Waals surface area contributed by atoms with Crippen LogP contribution in [0.1, 0.15) is 35.2 Å². The van der Waals surface area contributed by atoms with E-state index in [0.717, 1.165) is 30.4 Å². The SMILES string of the molecule is Cc1ccc(-c2nnc(NC(=O)c3ccc(S(=O)(=O)N4CCCCC4)cc3)o2)cc1. The van der Waals surface area contributed by atoms with Gasteiger partial charge in [0.15, 0.2) is 0 Å². The fourth-order valence-electron chi connectivity index (χ4n) is 3.29. The van der Waals surface area contributed by atoms with E-state index in [1.807, 2.05) is 31.2 Å². The fraction of sp³-hybridized carbons (Fsp3) is 0.286. The summed E-state index contributed by atoms with van der Waals surface area (Å²) in [5.74, 6) is -0.163. The number of piperidine rings is 1. The Morgan fingerprint density at radius 3 is 2.30 bits per heavy atom. The molecule has 1 aliphatic rings. The van der Waals surface area contributed by atoms with Gasteiger partial charge in [-0.25, -0.2) is 8.42 Å². The van der Waals surface area contributed by atoms with Crippen molar-refractivity contribution >= 4 is 21.9 Å². The monoisotopic (exact) mass is 426 g/mol. The van der Waals surface area contributed by atoms with Crippen molar-refractivity contribution in [2.75, 3.05) is 18.4 Å². The standard InChI is InChI=1S/C21H22N4O4S/c1-15-5-7-17(8-6-15)20-23-24-21(29-20)22-19(26)16-9-11-18(12-10-16)30(27,28)25-13-3-2-4-14-25/h5-12H,2-4,13-14H2,1H3,(H,22,24,26). The van der Waals surface area contributed by atoms with E-state index < -0.39 is 15.9 Å². The molecular formula is C21H22N4O4S. The van der Waals surface area contributed by atoms with Crippen LogP contribution in [-0.2, 0) is 10.0 Å². The van der Waals surface area contributed by atoms with Crippen molar-refractivity contribution in [2.45, 2.75) is 31.1 Å². The molecule has 3 aromatic rings. The van der Waals surface area contributed by atoms with Crippen LogP contribution in [-0.4, -0.2) is 41.9 Å². The smallest absolute Gasteiger partial charge is 0.322 e. The summed E-state index contributed by atoms with van der Waals surface area (Å²) in [6.07, 6.45) is 2.79.